The SMILES string of the molecule is CC(C)O.CC(C)O.[H+]. The molecule has 0 rings (SSSR count). The van der Waals surface area contributed by atoms with Crippen molar-refractivity contribution < 1.29 is 11.6 Å². The van der Waals surface area contributed by atoms with Crippen molar-refractivity contribution >= 4 is 0 Å². The number of hydrogen-bond donors (Lipinski definition) is 2. The molecule has 0 aliphatic rings. The molecule has 0 amide bonds. The van der Waals surface area contributed by atoms with Gasteiger partial charge >= 0.3 is 1.43 Å². The van der Waals surface area contributed by atoms with E-state index < -0.39 is 0 Å². The molecule has 8 heavy (non-hydrogen) atoms. The van der Waals surface area contributed by atoms with Crippen LogP contribution in [0.15, 0.2) is 0 Å². The molecule has 0 saturated heterocycles. The minimum absolute atomic E-state index is 0. The molecule has 0 atom stereocenters. The van der Waals surface area contributed by atoms with Crippen LogP contribution < -0.4 is 0 Å². The first-order valence-electron chi connectivity index (χ1n) is 2.83. The van der Waals surface area contributed by atoms with Crippen LogP contribution in [0.25, 0.3) is 0 Å². The molecule has 0 aliphatic heterocycles. The first kappa shape index (κ1) is 10.8. The standard InChI is InChI=1S/2C3H8O/c2*1-3(2)4/h2*3-4H,1-2H3/p+1. The van der Waals surface area contributed by atoms with Gasteiger partial charge in [0.05, 0.1) is 0 Å². The number of hydrogen-bond acceptors (Lipinski definition) is 2. The Morgan fingerprint density at radius 2 is 0.875 bits per heavy atom. The summed E-state index contributed by atoms with van der Waals surface area (Å²) in [7, 11) is 0. The molecule has 0 bridgehead atoms. The van der Waals surface area contributed by atoms with Gasteiger partial charge in [0.15, 0.2) is 0 Å². The molecule has 0 aromatic carbocycles. The fourth-order valence-corrected chi connectivity index (χ4v) is 0. The average molecular weight is 121 g/mol. The van der Waals surface area contributed by atoms with Crippen LogP contribution in [0, 0.1) is 0 Å². The molecule has 2 N–H and O–H groups in total. The Kier molecular flexibility index (Phi) is 9.36. The Hall–Kier alpha value is -0.0800. The minimum Gasteiger partial charge on any atom is -0.394 e. The van der Waals surface area contributed by atoms with Crippen molar-refractivity contribution in [2.24, 2.45) is 0 Å². The van der Waals surface area contributed by atoms with E-state index in [0.717, 1.165) is 0 Å². The van der Waals surface area contributed by atoms with Crippen LogP contribution in [-0.2, 0) is 0 Å². The minimum atomic E-state index is -0.167. The third kappa shape index (κ3) is 22400. The van der Waals surface area contributed by atoms with E-state index in [1.54, 1.807) is 27.7 Å². The largest absolute Gasteiger partial charge is 1.00 e. The van der Waals surface area contributed by atoms with Gasteiger partial charge in [-0.15, -0.1) is 0 Å². The van der Waals surface area contributed by atoms with Crippen LogP contribution in [0.4, 0.5) is 0 Å². The lowest BCUT2D eigenvalue weighted by Crippen LogP contribution is -1.85. The summed E-state index contributed by atoms with van der Waals surface area (Å²) in [5, 5.41) is 16.1. The zero-order valence-corrected chi connectivity index (χ0v) is 6.05. The smallest absolute Gasteiger partial charge is 0.394 e. The lowest BCUT2D eigenvalue weighted by molar-refractivity contribution is 0.215. The zero-order valence-electron chi connectivity index (χ0n) is 7.05. The molecule has 0 unspecified atom stereocenters. The van der Waals surface area contributed by atoms with Gasteiger partial charge in [0.1, 0.15) is 0 Å². The fraction of sp³-hybridized carbons (Fsp3) is 1.00. The summed E-state index contributed by atoms with van der Waals surface area (Å²) in [5.41, 5.74) is 0. The molecule has 0 spiro atoms. The van der Waals surface area contributed by atoms with Crippen LogP contribution in [0.3, 0.4) is 0 Å². The predicted octanol–water partition coefficient (Wildman–Crippen LogP) is 0.887. The van der Waals surface area contributed by atoms with E-state index in [2.05, 4.69) is 0 Å². The summed E-state index contributed by atoms with van der Waals surface area (Å²) in [6.07, 6.45) is -0.333. The summed E-state index contributed by atoms with van der Waals surface area (Å²) in [4.78, 5) is 0. The van der Waals surface area contributed by atoms with E-state index in [0.29, 0.717) is 0 Å². The number of aliphatic hydroxyl groups is 2. The predicted molar refractivity (Wildman–Crippen MR) is 35.8 cm³/mol. The van der Waals surface area contributed by atoms with Gasteiger partial charge in [0.25, 0.3) is 0 Å². The molecule has 2 heteroatoms. The first-order chi connectivity index (χ1) is 3.46. The van der Waals surface area contributed by atoms with Crippen molar-refractivity contribution in [1.82, 2.24) is 0 Å². The van der Waals surface area contributed by atoms with Crippen LogP contribution in [-0.4, -0.2) is 22.4 Å². The van der Waals surface area contributed by atoms with Gasteiger partial charge in [-0.1, -0.05) is 0 Å². The molecule has 0 fully saturated rings. The van der Waals surface area contributed by atoms with Gasteiger partial charge in [0, 0.05) is 12.2 Å². The highest BCUT2D eigenvalue weighted by Crippen LogP contribution is 1.65. The number of aliphatic hydroxyl groups excluding tert-OH is 2. The highest BCUT2D eigenvalue weighted by Gasteiger charge is 1.69. The fourth-order valence-electron chi connectivity index (χ4n) is 0. The molecule has 0 aromatic heterocycles. The van der Waals surface area contributed by atoms with Gasteiger partial charge in [-0.25, -0.2) is 0 Å². The molecule has 0 aromatic rings. The summed E-state index contributed by atoms with van der Waals surface area (Å²) in [6, 6.07) is 0. The van der Waals surface area contributed by atoms with Gasteiger partial charge < -0.3 is 10.2 Å². The van der Waals surface area contributed by atoms with Crippen molar-refractivity contribution in [3.05, 3.63) is 0 Å². The Bertz CT molecular complexity index is 26.5. The molecule has 0 saturated carbocycles. The first-order valence-corrected chi connectivity index (χ1v) is 2.83. The van der Waals surface area contributed by atoms with E-state index in [-0.39, 0.29) is 13.6 Å². The van der Waals surface area contributed by atoms with E-state index >= 15 is 0 Å². The maximum atomic E-state index is 8.06. The molecule has 52 valence electrons. The lowest BCUT2D eigenvalue weighted by atomic mass is 10.5. The monoisotopic (exact) mass is 121 g/mol. The summed E-state index contributed by atoms with van der Waals surface area (Å²) in [6.45, 7) is 6.89. The third-order valence-electron chi connectivity index (χ3n) is 0. The Labute approximate surface area is 52.6 Å². The molecule has 0 aliphatic carbocycles. The Morgan fingerprint density at radius 1 is 0.875 bits per heavy atom. The average Bonchev–Trinajstić information content (AvgIpc) is 1.25. The molecule has 0 radical (unpaired) electrons. The zero-order chi connectivity index (χ0) is 7.15. The van der Waals surface area contributed by atoms with Crippen LogP contribution in [0.2, 0.25) is 0 Å². The number of rotatable bonds is 0. The van der Waals surface area contributed by atoms with Crippen LogP contribution in [0.1, 0.15) is 29.1 Å². The van der Waals surface area contributed by atoms with Crippen molar-refractivity contribution in [1.29, 1.82) is 0 Å². The van der Waals surface area contributed by atoms with Crippen LogP contribution >= 0.6 is 0 Å². The van der Waals surface area contributed by atoms with E-state index in [1.807, 2.05) is 0 Å². The van der Waals surface area contributed by atoms with Crippen LogP contribution in [0.5, 0.6) is 0 Å². The second-order valence-corrected chi connectivity index (χ2v) is 2.19. The van der Waals surface area contributed by atoms with Crippen molar-refractivity contribution in [3.63, 3.8) is 0 Å². The normalized spacial score (nSPS) is 9.00. The van der Waals surface area contributed by atoms with Gasteiger partial charge in [-0.2, -0.15) is 0 Å². The second kappa shape index (κ2) is 6.92. The van der Waals surface area contributed by atoms with Crippen molar-refractivity contribution in [3.8, 4) is 0 Å². The van der Waals surface area contributed by atoms with E-state index in [9.17, 15) is 0 Å². The van der Waals surface area contributed by atoms with Crippen molar-refractivity contribution in [2.45, 2.75) is 39.9 Å². The van der Waals surface area contributed by atoms with Crippen molar-refractivity contribution in [2.75, 3.05) is 0 Å². The molecular formula is C6H17O2+. The molecule has 0 heterocycles. The van der Waals surface area contributed by atoms with E-state index in [4.69, 9.17) is 10.2 Å². The highest BCUT2D eigenvalue weighted by atomic mass is 16.3. The van der Waals surface area contributed by atoms with Gasteiger partial charge in [-0.05, 0) is 27.7 Å². The molecule has 2 nitrogen and oxygen atoms in total. The third-order valence-corrected chi connectivity index (χ3v) is 0. The quantitative estimate of drug-likeness (QED) is 0.499. The summed E-state index contributed by atoms with van der Waals surface area (Å²) < 4.78 is 0. The topological polar surface area (TPSA) is 40.5 Å². The molecular weight excluding hydrogens is 104 g/mol. The maximum absolute atomic E-state index is 8.06. The van der Waals surface area contributed by atoms with Gasteiger partial charge in [0.2, 0.25) is 0 Å². The maximum Gasteiger partial charge on any atom is 1.00 e. The van der Waals surface area contributed by atoms with E-state index in [1.165, 1.54) is 0 Å². The summed E-state index contributed by atoms with van der Waals surface area (Å²) in [5.74, 6) is 0. The second-order valence-electron chi connectivity index (χ2n) is 2.19. The summed E-state index contributed by atoms with van der Waals surface area (Å²) >= 11 is 0. The van der Waals surface area contributed by atoms with Gasteiger partial charge in [-0.3, -0.25) is 0 Å². The lowest BCUT2D eigenvalue weighted by Gasteiger charge is -1.80. The Balaban J connectivity index is -0.0000000720. The Morgan fingerprint density at radius 3 is 0.875 bits per heavy atom. The highest BCUT2D eigenvalue weighted by molar-refractivity contribution is 4.21.